The Kier molecular flexibility index (Phi) is 3.16. The van der Waals surface area contributed by atoms with E-state index in [1.54, 1.807) is 0 Å². The Bertz CT molecular complexity index is 81.3. The van der Waals surface area contributed by atoms with Gasteiger partial charge in [0.2, 0.25) is 0 Å². The number of rotatable bonds is 4. The maximum Gasteiger partial charge on any atom is 0.0837 e. The molecule has 0 N–H and O–H groups in total. The molecule has 1 fully saturated rings. The molecule has 1 aliphatic carbocycles. The Morgan fingerprint density at radius 2 is 1.40 bits per heavy atom. The summed E-state index contributed by atoms with van der Waals surface area (Å²) in [5.41, 5.74) is 0. The van der Waals surface area contributed by atoms with Crippen LogP contribution in [0.4, 0.5) is 0 Å². The van der Waals surface area contributed by atoms with Crippen LogP contribution in [-0.4, -0.2) is 25.4 Å². The van der Waals surface area contributed by atoms with E-state index in [1.807, 2.05) is 13.8 Å². The van der Waals surface area contributed by atoms with Crippen molar-refractivity contribution in [2.75, 3.05) is 13.2 Å². The molecule has 0 radical (unpaired) electrons. The van der Waals surface area contributed by atoms with Gasteiger partial charge in [0.15, 0.2) is 0 Å². The molecule has 0 amide bonds. The van der Waals surface area contributed by atoms with E-state index in [2.05, 4.69) is 0 Å². The Morgan fingerprint density at radius 1 is 1.00 bits per heavy atom. The standard InChI is InChI=1S/C8H16O2/c1-3-9-7-5-6-8(7)10-4-2/h7-8H,3-6H2,1-2H3. The Morgan fingerprint density at radius 3 is 1.60 bits per heavy atom. The first-order valence-electron chi connectivity index (χ1n) is 4.11. The highest BCUT2D eigenvalue weighted by Gasteiger charge is 2.31. The van der Waals surface area contributed by atoms with Crippen molar-refractivity contribution in [3.05, 3.63) is 0 Å². The third-order valence-corrected chi connectivity index (χ3v) is 1.91. The van der Waals surface area contributed by atoms with Crippen molar-refractivity contribution in [1.82, 2.24) is 0 Å². The highest BCUT2D eigenvalue weighted by atomic mass is 16.5. The summed E-state index contributed by atoms with van der Waals surface area (Å²) in [6, 6.07) is 0. The van der Waals surface area contributed by atoms with Gasteiger partial charge in [0.1, 0.15) is 0 Å². The lowest BCUT2D eigenvalue weighted by Crippen LogP contribution is -2.41. The van der Waals surface area contributed by atoms with E-state index in [9.17, 15) is 0 Å². The fourth-order valence-corrected chi connectivity index (χ4v) is 1.25. The van der Waals surface area contributed by atoms with Gasteiger partial charge in [0, 0.05) is 13.2 Å². The average Bonchev–Trinajstić information content (AvgIpc) is 1.93. The first-order valence-corrected chi connectivity index (χ1v) is 4.11. The summed E-state index contributed by atoms with van der Waals surface area (Å²) in [4.78, 5) is 0. The van der Waals surface area contributed by atoms with Gasteiger partial charge in [0.05, 0.1) is 12.2 Å². The van der Waals surface area contributed by atoms with Gasteiger partial charge in [-0.3, -0.25) is 0 Å². The molecule has 0 aromatic carbocycles. The van der Waals surface area contributed by atoms with Crippen LogP contribution in [0, 0.1) is 0 Å². The third kappa shape index (κ3) is 1.70. The van der Waals surface area contributed by atoms with Crippen LogP contribution in [0.2, 0.25) is 0 Å². The largest absolute Gasteiger partial charge is 0.376 e. The van der Waals surface area contributed by atoms with Gasteiger partial charge in [-0.25, -0.2) is 0 Å². The van der Waals surface area contributed by atoms with E-state index < -0.39 is 0 Å². The van der Waals surface area contributed by atoms with Crippen molar-refractivity contribution in [2.45, 2.75) is 38.9 Å². The van der Waals surface area contributed by atoms with Crippen molar-refractivity contribution in [2.24, 2.45) is 0 Å². The number of hydrogen-bond donors (Lipinski definition) is 0. The normalized spacial score (nSPS) is 31.8. The predicted molar refractivity (Wildman–Crippen MR) is 40.1 cm³/mol. The molecule has 60 valence electrons. The van der Waals surface area contributed by atoms with Gasteiger partial charge in [-0.05, 0) is 26.7 Å². The summed E-state index contributed by atoms with van der Waals surface area (Å²) in [6.07, 6.45) is 3.15. The van der Waals surface area contributed by atoms with Gasteiger partial charge in [-0.15, -0.1) is 0 Å². The fourth-order valence-electron chi connectivity index (χ4n) is 1.25. The van der Waals surface area contributed by atoms with Gasteiger partial charge >= 0.3 is 0 Å². The van der Waals surface area contributed by atoms with Crippen LogP contribution >= 0.6 is 0 Å². The van der Waals surface area contributed by atoms with E-state index in [4.69, 9.17) is 9.47 Å². The monoisotopic (exact) mass is 144 g/mol. The maximum absolute atomic E-state index is 5.42. The van der Waals surface area contributed by atoms with Crippen molar-refractivity contribution in [1.29, 1.82) is 0 Å². The van der Waals surface area contributed by atoms with Crippen LogP contribution in [0.5, 0.6) is 0 Å². The molecule has 0 heterocycles. The highest BCUT2D eigenvalue weighted by Crippen LogP contribution is 2.25. The zero-order chi connectivity index (χ0) is 7.40. The molecule has 10 heavy (non-hydrogen) atoms. The first kappa shape index (κ1) is 8.02. The third-order valence-electron chi connectivity index (χ3n) is 1.91. The Balaban J connectivity index is 2.09. The number of ether oxygens (including phenoxy) is 2. The summed E-state index contributed by atoms with van der Waals surface area (Å²) >= 11 is 0. The second kappa shape index (κ2) is 3.94. The van der Waals surface area contributed by atoms with E-state index in [-0.39, 0.29) is 0 Å². The summed E-state index contributed by atoms with van der Waals surface area (Å²) < 4.78 is 10.8. The molecule has 0 spiro atoms. The molecule has 2 heteroatoms. The molecule has 2 unspecified atom stereocenters. The Hall–Kier alpha value is -0.0800. The molecular formula is C8H16O2. The van der Waals surface area contributed by atoms with Gasteiger partial charge < -0.3 is 9.47 Å². The maximum atomic E-state index is 5.42. The summed E-state index contributed by atoms with van der Waals surface area (Å²) in [5.74, 6) is 0. The highest BCUT2D eigenvalue weighted by molar-refractivity contribution is 4.82. The quantitative estimate of drug-likeness (QED) is 0.596. The zero-order valence-electron chi connectivity index (χ0n) is 6.80. The second-order valence-corrected chi connectivity index (χ2v) is 2.56. The van der Waals surface area contributed by atoms with Crippen LogP contribution in [0.15, 0.2) is 0 Å². The SMILES string of the molecule is CCOC1CCC1OCC. The second-order valence-electron chi connectivity index (χ2n) is 2.56. The first-order chi connectivity index (χ1) is 4.88. The van der Waals surface area contributed by atoms with E-state index in [0.717, 1.165) is 13.2 Å². The van der Waals surface area contributed by atoms with Crippen LogP contribution in [0.1, 0.15) is 26.7 Å². The van der Waals surface area contributed by atoms with Gasteiger partial charge in [0.25, 0.3) is 0 Å². The molecule has 0 bridgehead atoms. The van der Waals surface area contributed by atoms with Crippen molar-refractivity contribution in [3.63, 3.8) is 0 Å². The number of hydrogen-bond acceptors (Lipinski definition) is 2. The average molecular weight is 144 g/mol. The lowest BCUT2D eigenvalue weighted by Gasteiger charge is -2.35. The summed E-state index contributed by atoms with van der Waals surface area (Å²) in [7, 11) is 0. The molecular weight excluding hydrogens is 128 g/mol. The molecule has 2 nitrogen and oxygen atoms in total. The molecule has 1 rings (SSSR count). The minimum atomic E-state index is 0.393. The molecule has 2 atom stereocenters. The molecule has 0 aromatic rings. The van der Waals surface area contributed by atoms with Crippen LogP contribution in [0.3, 0.4) is 0 Å². The van der Waals surface area contributed by atoms with E-state index in [0.29, 0.717) is 12.2 Å². The van der Waals surface area contributed by atoms with Crippen molar-refractivity contribution >= 4 is 0 Å². The minimum Gasteiger partial charge on any atom is -0.376 e. The zero-order valence-corrected chi connectivity index (χ0v) is 6.80. The molecule has 0 aromatic heterocycles. The van der Waals surface area contributed by atoms with Crippen LogP contribution in [0.25, 0.3) is 0 Å². The predicted octanol–water partition coefficient (Wildman–Crippen LogP) is 1.59. The van der Waals surface area contributed by atoms with Crippen molar-refractivity contribution in [3.8, 4) is 0 Å². The topological polar surface area (TPSA) is 18.5 Å². The van der Waals surface area contributed by atoms with E-state index in [1.165, 1.54) is 12.8 Å². The molecule has 0 saturated heterocycles. The van der Waals surface area contributed by atoms with Gasteiger partial charge in [-0.2, -0.15) is 0 Å². The molecule has 1 aliphatic rings. The van der Waals surface area contributed by atoms with Crippen LogP contribution in [-0.2, 0) is 9.47 Å². The smallest absolute Gasteiger partial charge is 0.0837 e. The van der Waals surface area contributed by atoms with Gasteiger partial charge in [-0.1, -0.05) is 0 Å². The van der Waals surface area contributed by atoms with E-state index >= 15 is 0 Å². The summed E-state index contributed by atoms with van der Waals surface area (Å²) in [5, 5.41) is 0. The molecule has 0 aliphatic heterocycles. The molecule has 1 saturated carbocycles. The van der Waals surface area contributed by atoms with Crippen molar-refractivity contribution < 1.29 is 9.47 Å². The lowest BCUT2D eigenvalue weighted by molar-refractivity contribution is -0.122. The summed E-state index contributed by atoms with van der Waals surface area (Å²) in [6.45, 7) is 5.69. The fraction of sp³-hybridized carbons (Fsp3) is 1.00. The Labute approximate surface area is 62.5 Å². The minimum absolute atomic E-state index is 0.393. The lowest BCUT2D eigenvalue weighted by atomic mass is 9.92. The van der Waals surface area contributed by atoms with Crippen LogP contribution < -0.4 is 0 Å².